The van der Waals surface area contributed by atoms with E-state index in [1.807, 2.05) is 20.0 Å². The molecule has 3 heterocycles. The molecule has 0 bridgehead atoms. The van der Waals surface area contributed by atoms with Gasteiger partial charge in [-0.15, -0.1) is 0 Å². The van der Waals surface area contributed by atoms with Gasteiger partial charge in [0.2, 0.25) is 10.0 Å². The quantitative estimate of drug-likeness (QED) is 0.669. The van der Waals surface area contributed by atoms with Crippen molar-refractivity contribution in [1.82, 2.24) is 24.2 Å². The molecule has 0 saturated heterocycles. The molecule has 0 radical (unpaired) electrons. The van der Waals surface area contributed by atoms with Gasteiger partial charge in [0, 0.05) is 43.7 Å². The van der Waals surface area contributed by atoms with Crippen LogP contribution in [-0.2, 0) is 30.0 Å². The molecule has 2 aromatic heterocycles. The molecule has 1 aliphatic heterocycles. The summed E-state index contributed by atoms with van der Waals surface area (Å²) in [4.78, 5) is 4.81. The van der Waals surface area contributed by atoms with E-state index in [0.29, 0.717) is 35.4 Å². The molecule has 0 unspecified atom stereocenters. The molecule has 5 rings (SSSR count). The number of nitrogens with zero attached hydrogens (tertiary/aromatic N) is 5. The number of sulfonamides is 1. The molecule has 28 heavy (non-hydrogen) atoms. The van der Waals surface area contributed by atoms with Crippen LogP contribution in [0.4, 0.5) is 0 Å². The van der Waals surface area contributed by atoms with Crippen LogP contribution in [0.5, 0.6) is 0 Å². The van der Waals surface area contributed by atoms with Crippen LogP contribution in [-0.4, -0.2) is 39.2 Å². The van der Waals surface area contributed by atoms with E-state index in [1.54, 1.807) is 22.9 Å². The second kappa shape index (κ2) is 6.25. The predicted molar refractivity (Wildman–Crippen MR) is 101 cm³/mol. The van der Waals surface area contributed by atoms with Crippen LogP contribution in [0.1, 0.15) is 41.4 Å². The smallest absolute Gasteiger partial charge is 0.278 e. The van der Waals surface area contributed by atoms with Crippen LogP contribution in [0.2, 0.25) is 0 Å². The highest BCUT2D eigenvalue weighted by atomic mass is 32.2. The first kappa shape index (κ1) is 17.6. The number of aromatic nitrogens is 4. The summed E-state index contributed by atoms with van der Waals surface area (Å²) >= 11 is 0. The molecule has 0 atom stereocenters. The number of rotatable bonds is 4. The van der Waals surface area contributed by atoms with Gasteiger partial charge < -0.3 is 4.52 Å². The van der Waals surface area contributed by atoms with Gasteiger partial charge in [0.25, 0.3) is 5.89 Å². The third-order valence-corrected chi connectivity index (χ3v) is 7.26. The maximum Gasteiger partial charge on any atom is 0.278 e. The molecule has 0 N–H and O–H groups in total. The lowest BCUT2D eigenvalue weighted by Gasteiger charge is -2.26. The maximum atomic E-state index is 13.2. The van der Waals surface area contributed by atoms with E-state index in [1.165, 1.54) is 4.31 Å². The lowest BCUT2D eigenvalue weighted by atomic mass is 10.1. The second-order valence-corrected chi connectivity index (χ2v) is 9.47. The molecular formula is C19H21N5O3S. The SMILES string of the molecule is Cc1cccc(S(=O)(=O)N2CCc3c(c(-c4nc(C5CC5)no4)nn3C)C2)c1. The lowest BCUT2D eigenvalue weighted by Crippen LogP contribution is -2.36. The number of hydrogen-bond acceptors (Lipinski definition) is 6. The summed E-state index contributed by atoms with van der Waals surface area (Å²) in [5.74, 6) is 1.47. The Hall–Kier alpha value is -2.52. The van der Waals surface area contributed by atoms with Crippen molar-refractivity contribution >= 4 is 10.0 Å². The normalized spacial score (nSPS) is 17.6. The van der Waals surface area contributed by atoms with Crippen LogP contribution in [0.15, 0.2) is 33.7 Å². The van der Waals surface area contributed by atoms with Crippen LogP contribution in [0.3, 0.4) is 0 Å². The Morgan fingerprint density at radius 3 is 2.82 bits per heavy atom. The average Bonchev–Trinajstić information content (AvgIpc) is 3.33. The fourth-order valence-corrected chi connectivity index (χ4v) is 5.22. The molecular weight excluding hydrogens is 378 g/mol. The van der Waals surface area contributed by atoms with Crippen molar-refractivity contribution in [3.63, 3.8) is 0 Å². The molecule has 2 aliphatic rings. The van der Waals surface area contributed by atoms with Crippen molar-refractivity contribution in [3.05, 3.63) is 46.9 Å². The molecule has 1 fully saturated rings. The van der Waals surface area contributed by atoms with Gasteiger partial charge in [-0.05, 0) is 37.5 Å². The minimum absolute atomic E-state index is 0.246. The van der Waals surface area contributed by atoms with E-state index < -0.39 is 10.0 Å². The topological polar surface area (TPSA) is 94.1 Å². The van der Waals surface area contributed by atoms with Gasteiger partial charge in [0.05, 0.1) is 4.90 Å². The molecule has 1 aliphatic carbocycles. The van der Waals surface area contributed by atoms with E-state index >= 15 is 0 Å². The van der Waals surface area contributed by atoms with Gasteiger partial charge >= 0.3 is 0 Å². The van der Waals surface area contributed by atoms with Crippen molar-refractivity contribution in [2.75, 3.05) is 6.54 Å². The van der Waals surface area contributed by atoms with Crippen molar-refractivity contribution < 1.29 is 12.9 Å². The molecule has 9 heteroatoms. The Kier molecular flexibility index (Phi) is 3.92. The van der Waals surface area contributed by atoms with Gasteiger partial charge in [-0.1, -0.05) is 17.3 Å². The Balaban J connectivity index is 1.51. The van der Waals surface area contributed by atoms with Crippen molar-refractivity contribution in [2.45, 2.75) is 43.5 Å². The minimum atomic E-state index is -3.59. The van der Waals surface area contributed by atoms with E-state index in [4.69, 9.17) is 4.52 Å². The summed E-state index contributed by atoms with van der Waals surface area (Å²) < 4.78 is 35.1. The molecule has 1 saturated carbocycles. The third-order valence-electron chi connectivity index (χ3n) is 5.42. The number of benzene rings is 1. The predicted octanol–water partition coefficient (Wildman–Crippen LogP) is 2.40. The monoisotopic (exact) mass is 399 g/mol. The van der Waals surface area contributed by atoms with Crippen LogP contribution in [0.25, 0.3) is 11.6 Å². The van der Waals surface area contributed by atoms with Gasteiger partial charge in [-0.3, -0.25) is 4.68 Å². The molecule has 1 aromatic carbocycles. The summed E-state index contributed by atoms with van der Waals surface area (Å²) in [5, 5.41) is 8.63. The highest BCUT2D eigenvalue weighted by Gasteiger charge is 2.35. The summed E-state index contributed by atoms with van der Waals surface area (Å²) in [7, 11) is -1.72. The first-order valence-corrected chi connectivity index (χ1v) is 10.8. The minimum Gasteiger partial charge on any atom is -0.332 e. The van der Waals surface area contributed by atoms with E-state index in [9.17, 15) is 8.42 Å². The number of hydrogen-bond donors (Lipinski definition) is 0. The van der Waals surface area contributed by atoms with Crippen molar-refractivity contribution in [3.8, 4) is 11.6 Å². The molecule has 146 valence electrons. The van der Waals surface area contributed by atoms with Gasteiger partial charge in [-0.25, -0.2) is 8.42 Å². The summed E-state index contributed by atoms with van der Waals surface area (Å²) in [5.41, 5.74) is 3.35. The standard InChI is InChI=1S/C19H21N5O3S/c1-12-4-3-5-14(10-12)28(25,26)24-9-8-16-15(11-24)17(21-23(16)2)19-20-18(22-27-19)13-6-7-13/h3-5,10,13H,6-9,11H2,1-2H3. The van der Waals surface area contributed by atoms with Crippen molar-refractivity contribution in [1.29, 1.82) is 0 Å². The second-order valence-electron chi connectivity index (χ2n) is 7.53. The fraction of sp³-hybridized carbons (Fsp3) is 0.421. The fourth-order valence-electron chi connectivity index (χ4n) is 3.71. The Morgan fingerprint density at radius 2 is 2.07 bits per heavy atom. The van der Waals surface area contributed by atoms with Crippen molar-refractivity contribution in [2.24, 2.45) is 7.05 Å². The first-order chi connectivity index (χ1) is 13.4. The van der Waals surface area contributed by atoms with Crippen LogP contribution >= 0.6 is 0 Å². The average molecular weight is 399 g/mol. The number of aryl methyl sites for hydroxylation is 2. The summed E-state index contributed by atoms with van der Waals surface area (Å²) in [6, 6.07) is 7.00. The number of fused-ring (bicyclic) bond motifs is 1. The zero-order valence-electron chi connectivity index (χ0n) is 15.8. The maximum absolute atomic E-state index is 13.2. The van der Waals surface area contributed by atoms with E-state index in [2.05, 4.69) is 15.2 Å². The lowest BCUT2D eigenvalue weighted by molar-refractivity contribution is 0.385. The van der Waals surface area contributed by atoms with E-state index in [-0.39, 0.29) is 6.54 Å². The molecule has 0 amide bonds. The van der Waals surface area contributed by atoms with Crippen LogP contribution in [0, 0.1) is 6.92 Å². The first-order valence-electron chi connectivity index (χ1n) is 9.39. The van der Waals surface area contributed by atoms with Gasteiger partial charge in [0.15, 0.2) is 11.5 Å². The highest BCUT2D eigenvalue weighted by molar-refractivity contribution is 7.89. The van der Waals surface area contributed by atoms with E-state index in [0.717, 1.165) is 35.5 Å². The molecule has 8 nitrogen and oxygen atoms in total. The molecule has 0 spiro atoms. The Labute approximate surface area is 163 Å². The zero-order valence-corrected chi connectivity index (χ0v) is 16.6. The Bertz CT molecular complexity index is 1160. The van der Waals surface area contributed by atoms with Gasteiger partial charge in [-0.2, -0.15) is 14.4 Å². The highest BCUT2D eigenvalue weighted by Crippen LogP contribution is 2.39. The molecule has 3 aromatic rings. The zero-order chi connectivity index (χ0) is 19.5. The van der Waals surface area contributed by atoms with Gasteiger partial charge in [0.1, 0.15) is 0 Å². The summed E-state index contributed by atoms with van der Waals surface area (Å²) in [6.07, 6.45) is 2.76. The largest absolute Gasteiger partial charge is 0.332 e. The third kappa shape index (κ3) is 2.85. The Morgan fingerprint density at radius 1 is 1.25 bits per heavy atom. The summed E-state index contributed by atoms with van der Waals surface area (Å²) in [6.45, 7) is 2.55. The van der Waals surface area contributed by atoms with Crippen LogP contribution < -0.4 is 0 Å².